The molecule has 0 aromatic carbocycles. The minimum atomic E-state index is 0.202. The highest BCUT2D eigenvalue weighted by atomic mass is 32.2. The van der Waals surface area contributed by atoms with E-state index in [9.17, 15) is 0 Å². The Labute approximate surface area is 91.0 Å². The van der Waals surface area contributed by atoms with Crippen LogP contribution in [-0.4, -0.2) is 18.3 Å². The van der Waals surface area contributed by atoms with Crippen molar-refractivity contribution >= 4 is 11.8 Å². The molecule has 0 unspecified atom stereocenters. The van der Waals surface area contributed by atoms with Crippen LogP contribution in [0.1, 0.15) is 32.1 Å². The van der Waals surface area contributed by atoms with Gasteiger partial charge in [0.15, 0.2) is 0 Å². The minimum absolute atomic E-state index is 0.202. The maximum Gasteiger partial charge on any atom is 0.118 e. The molecule has 4 fully saturated rings. The molecule has 0 radical (unpaired) electrons. The quantitative estimate of drug-likeness (QED) is 0.650. The number of hydrogen-bond donors (Lipinski definition) is 0. The fourth-order valence-corrected chi connectivity index (χ4v) is 5.81. The Morgan fingerprint density at radius 3 is 1.86 bits per heavy atom. The van der Waals surface area contributed by atoms with E-state index >= 15 is 0 Å². The molecule has 0 atom stereocenters. The normalized spacial score (nSPS) is 55.3. The van der Waals surface area contributed by atoms with E-state index in [4.69, 9.17) is 4.74 Å². The van der Waals surface area contributed by atoms with E-state index in [2.05, 4.69) is 6.26 Å². The summed E-state index contributed by atoms with van der Waals surface area (Å²) in [6, 6.07) is 0. The van der Waals surface area contributed by atoms with Gasteiger partial charge in [-0.3, -0.25) is 0 Å². The molecule has 0 N–H and O–H groups in total. The van der Waals surface area contributed by atoms with Crippen molar-refractivity contribution in [3.8, 4) is 0 Å². The van der Waals surface area contributed by atoms with Crippen molar-refractivity contribution in [1.82, 2.24) is 0 Å². The van der Waals surface area contributed by atoms with Gasteiger partial charge in [0.25, 0.3) is 0 Å². The van der Waals surface area contributed by atoms with Crippen LogP contribution in [0.3, 0.4) is 0 Å². The van der Waals surface area contributed by atoms with E-state index in [0.29, 0.717) is 0 Å². The van der Waals surface area contributed by atoms with Crippen molar-refractivity contribution < 1.29 is 4.74 Å². The highest BCUT2D eigenvalue weighted by Gasteiger charge is 2.57. The molecule has 80 valence electrons. The van der Waals surface area contributed by atoms with E-state index in [0.717, 1.165) is 23.7 Å². The monoisotopic (exact) mass is 212 g/mol. The van der Waals surface area contributed by atoms with E-state index < -0.39 is 0 Å². The third-order valence-corrected chi connectivity index (χ3v) is 6.39. The van der Waals surface area contributed by atoms with Gasteiger partial charge in [-0.1, -0.05) is 0 Å². The molecule has 1 nitrogen and oxygen atoms in total. The molecule has 0 heterocycles. The lowest BCUT2D eigenvalue weighted by atomic mass is 9.54. The second-order valence-corrected chi connectivity index (χ2v) is 6.48. The van der Waals surface area contributed by atoms with Gasteiger partial charge in [-0.2, -0.15) is 0 Å². The van der Waals surface area contributed by atoms with E-state index in [1.54, 1.807) is 0 Å². The Balaban J connectivity index is 1.93. The molecule has 0 spiro atoms. The highest BCUT2D eigenvalue weighted by Crippen LogP contribution is 2.62. The van der Waals surface area contributed by atoms with Gasteiger partial charge < -0.3 is 4.74 Å². The van der Waals surface area contributed by atoms with Crippen molar-refractivity contribution in [2.75, 3.05) is 13.4 Å². The largest absolute Gasteiger partial charge is 0.367 e. The van der Waals surface area contributed by atoms with Crippen molar-refractivity contribution in [2.45, 2.75) is 37.0 Å². The fourth-order valence-electron chi connectivity index (χ4n) is 4.59. The van der Waals surface area contributed by atoms with Gasteiger partial charge in [-0.15, -0.1) is 11.8 Å². The smallest absolute Gasteiger partial charge is 0.118 e. The number of ether oxygens (including phenoxy) is 1. The van der Waals surface area contributed by atoms with Crippen LogP contribution in [0.15, 0.2) is 0 Å². The summed E-state index contributed by atoms with van der Waals surface area (Å²) in [6.45, 7) is 0. The van der Waals surface area contributed by atoms with Gasteiger partial charge in [0, 0.05) is 7.11 Å². The van der Waals surface area contributed by atoms with Crippen LogP contribution in [0.5, 0.6) is 0 Å². The topological polar surface area (TPSA) is 9.23 Å². The second-order valence-electron chi connectivity index (χ2n) is 5.43. The van der Waals surface area contributed by atoms with Crippen molar-refractivity contribution in [3.05, 3.63) is 0 Å². The summed E-state index contributed by atoms with van der Waals surface area (Å²) >= 11 is 1.99. The lowest BCUT2D eigenvalue weighted by molar-refractivity contribution is -0.133. The van der Waals surface area contributed by atoms with Crippen LogP contribution in [-0.2, 0) is 4.74 Å². The maximum absolute atomic E-state index is 5.93. The number of hydrogen-bond acceptors (Lipinski definition) is 2. The molecule has 0 aliphatic heterocycles. The van der Waals surface area contributed by atoms with Gasteiger partial charge >= 0.3 is 0 Å². The molecule has 14 heavy (non-hydrogen) atoms. The van der Waals surface area contributed by atoms with Crippen molar-refractivity contribution in [1.29, 1.82) is 0 Å². The lowest BCUT2D eigenvalue weighted by Crippen LogP contribution is -2.56. The molecule has 4 aliphatic carbocycles. The average molecular weight is 212 g/mol. The first-order valence-corrected chi connectivity index (χ1v) is 7.11. The van der Waals surface area contributed by atoms with Crippen LogP contribution in [0.25, 0.3) is 0 Å². The SMILES string of the molecule is COC1(SC)C2CC3CC(C2)CC1C3. The van der Waals surface area contributed by atoms with Gasteiger partial charge in [0.1, 0.15) is 4.93 Å². The first kappa shape index (κ1) is 9.53. The van der Waals surface area contributed by atoms with Crippen LogP contribution in [0.2, 0.25) is 0 Å². The molecule has 0 amide bonds. The summed E-state index contributed by atoms with van der Waals surface area (Å²) in [5, 5.41) is 0. The summed E-state index contributed by atoms with van der Waals surface area (Å²) in [7, 11) is 1.93. The molecule has 4 aliphatic rings. The lowest BCUT2D eigenvalue weighted by Gasteiger charge is -2.59. The standard InChI is InChI=1S/C12H20OS/c1-13-12(14-2)10-4-8-3-9(6-10)7-11(12)5-8/h8-11H,3-7H2,1-2H3. The molecule has 4 saturated carbocycles. The average Bonchev–Trinajstić information content (AvgIpc) is 2.18. The summed E-state index contributed by atoms with van der Waals surface area (Å²) in [5.74, 6) is 3.82. The van der Waals surface area contributed by atoms with Crippen LogP contribution in [0, 0.1) is 23.7 Å². The minimum Gasteiger partial charge on any atom is -0.367 e. The van der Waals surface area contributed by atoms with Crippen LogP contribution in [0.4, 0.5) is 0 Å². The van der Waals surface area contributed by atoms with E-state index in [1.165, 1.54) is 32.1 Å². The maximum atomic E-state index is 5.93. The molecule has 2 heteroatoms. The van der Waals surface area contributed by atoms with E-state index in [1.807, 2.05) is 18.9 Å². The van der Waals surface area contributed by atoms with E-state index in [-0.39, 0.29) is 4.93 Å². The molecule has 0 aromatic heterocycles. The number of methoxy groups -OCH3 is 1. The molecule has 0 saturated heterocycles. The van der Waals surface area contributed by atoms with Crippen LogP contribution >= 0.6 is 11.8 Å². The van der Waals surface area contributed by atoms with Gasteiger partial charge in [-0.05, 0) is 62.0 Å². The molecule has 4 rings (SSSR count). The third kappa shape index (κ3) is 1.07. The number of thioether (sulfide) groups is 1. The first-order valence-electron chi connectivity index (χ1n) is 5.88. The Kier molecular flexibility index (Phi) is 2.14. The second kappa shape index (κ2) is 3.15. The molecular formula is C12H20OS. The molecular weight excluding hydrogens is 192 g/mol. The van der Waals surface area contributed by atoms with Gasteiger partial charge in [0.2, 0.25) is 0 Å². The summed E-state index contributed by atoms with van der Waals surface area (Å²) < 4.78 is 5.93. The summed E-state index contributed by atoms with van der Waals surface area (Å²) in [4.78, 5) is 0.202. The number of rotatable bonds is 2. The zero-order chi connectivity index (χ0) is 9.76. The fraction of sp³-hybridized carbons (Fsp3) is 1.00. The predicted molar refractivity (Wildman–Crippen MR) is 60.3 cm³/mol. The molecule has 4 bridgehead atoms. The Morgan fingerprint density at radius 1 is 1.00 bits per heavy atom. The Hall–Kier alpha value is 0.310. The predicted octanol–water partition coefficient (Wildman–Crippen LogP) is 3.15. The zero-order valence-corrected chi connectivity index (χ0v) is 9.98. The Bertz CT molecular complexity index is 204. The zero-order valence-electron chi connectivity index (χ0n) is 9.16. The van der Waals surface area contributed by atoms with Gasteiger partial charge in [-0.25, -0.2) is 0 Å². The summed E-state index contributed by atoms with van der Waals surface area (Å²) in [6.07, 6.45) is 9.56. The van der Waals surface area contributed by atoms with Crippen molar-refractivity contribution in [2.24, 2.45) is 23.7 Å². The van der Waals surface area contributed by atoms with Crippen LogP contribution < -0.4 is 0 Å². The van der Waals surface area contributed by atoms with Crippen molar-refractivity contribution in [3.63, 3.8) is 0 Å². The first-order chi connectivity index (χ1) is 6.78. The third-order valence-electron chi connectivity index (χ3n) is 4.91. The Morgan fingerprint density at radius 2 is 1.50 bits per heavy atom. The van der Waals surface area contributed by atoms with Gasteiger partial charge in [0.05, 0.1) is 0 Å². The highest BCUT2D eigenvalue weighted by molar-refractivity contribution is 7.99. The molecule has 0 aromatic rings. The summed E-state index contributed by atoms with van der Waals surface area (Å²) in [5.41, 5.74) is 0.